The molecule has 0 fully saturated rings. The molecule has 3 N–H and O–H groups in total. The average Bonchev–Trinajstić information content (AvgIpc) is 2.72. The Morgan fingerprint density at radius 2 is 1.86 bits per heavy atom. The summed E-state index contributed by atoms with van der Waals surface area (Å²) < 4.78 is 0. The van der Waals surface area contributed by atoms with E-state index in [1.54, 1.807) is 25.2 Å². The van der Waals surface area contributed by atoms with Crippen LogP contribution in [0.5, 0.6) is 0 Å². The Morgan fingerprint density at radius 1 is 1.10 bits per heavy atom. The quantitative estimate of drug-likeness (QED) is 0.651. The smallest absolute Gasteiger partial charge is 0.407 e. The fraction of sp³-hybridized carbons (Fsp3) is 0.333. The highest BCUT2D eigenvalue weighted by atomic mass is 35.5. The lowest BCUT2D eigenvalue weighted by molar-refractivity contribution is 0.0944. The molecule has 2 atom stereocenters. The topological polar surface area (TPSA) is 89.9 Å². The van der Waals surface area contributed by atoms with Crippen molar-refractivity contribution >= 4 is 35.2 Å². The van der Waals surface area contributed by atoms with Gasteiger partial charge >= 0.3 is 6.09 Å². The number of carbonyl (C=O) groups excluding carboxylic acids is 1. The molecule has 0 aromatic heterocycles. The number of rotatable bonds is 5. The van der Waals surface area contributed by atoms with Crippen molar-refractivity contribution in [2.45, 2.75) is 24.8 Å². The maximum Gasteiger partial charge on any atom is 0.407 e. The Labute approximate surface area is 179 Å². The van der Waals surface area contributed by atoms with E-state index in [-0.39, 0.29) is 31.0 Å². The van der Waals surface area contributed by atoms with Crippen LogP contribution in [0.15, 0.2) is 36.4 Å². The van der Waals surface area contributed by atoms with Gasteiger partial charge < -0.3 is 20.4 Å². The third kappa shape index (κ3) is 4.50. The van der Waals surface area contributed by atoms with Crippen LogP contribution in [0.1, 0.15) is 51.8 Å². The summed E-state index contributed by atoms with van der Waals surface area (Å²) in [6, 6.07) is 10.5. The Kier molecular flexibility index (Phi) is 6.67. The van der Waals surface area contributed by atoms with Gasteiger partial charge in [0.2, 0.25) is 0 Å². The summed E-state index contributed by atoms with van der Waals surface area (Å²) >= 11 is 12.3. The molecular weight excluding hydrogens is 415 g/mol. The second kappa shape index (κ2) is 9.03. The summed E-state index contributed by atoms with van der Waals surface area (Å²) in [6.07, 6.45) is 0.352. The Morgan fingerprint density at radius 3 is 2.52 bits per heavy atom. The molecule has 0 saturated heterocycles. The van der Waals surface area contributed by atoms with Crippen molar-refractivity contribution in [1.29, 1.82) is 0 Å². The molecular formula is C21H22Cl2N2O4. The van der Waals surface area contributed by atoms with Crippen LogP contribution >= 0.6 is 23.2 Å². The van der Waals surface area contributed by atoms with E-state index in [1.807, 2.05) is 18.2 Å². The lowest BCUT2D eigenvalue weighted by Crippen LogP contribution is -2.33. The molecule has 0 spiro atoms. The van der Waals surface area contributed by atoms with E-state index in [1.165, 1.54) is 4.90 Å². The van der Waals surface area contributed by atoms with Gasteiger partial charge in [-0.1, -0.05) is 35.3 Å². The summed E-state index contributed by atoms with van der Waals surface area (Å²) in [5, 5.41) is 22.0. The van der Waals surface area contributed by atoms with Gasteiger partial charge in [0.1, 0.15) is 0 Å². The van der Waals surface area contributed by atoms with Crippen molar-refractivity contribution in [3.05, 3.63) is 68.7 Å². The van der Waals surface area contributed by atoms with Crippen LogP contribution < -0.4 is 5.32 Å². The van der Waals surface area contributed by atoms with Gasteiger partial charge in [0.15, 0.2) is 0 Å². The van der Waals surface area contributed by atoms with Gasteiger partial charge in [-0.2, -0.15) is 0 Å². The summed E-state index contributed by atoms with van der Waals surface area (Å²) in [4.78, 5) is 25.2. The first-order valence-electron chi connectivity index (χ1n) is 9.27. The van der Waals surface area contributed by atoms with E-state index in [0.717, 1.165) is 16.7 Å². The molecule has 8 heteroatoms. The summed E-state index contributed by atoms with van der Waals surface area (Å²) in [7, 11) is 1.55. The van der Waals surface area contributed by atoms with E-state index in [0.29, 0.717) is 28.5 Å². The Balaban J connectivity index is 2.07. The van der Waals surface area contributed by atoms with Crippen molar-refractivity contribution in [2.24, 2.45) is 0 Å². The monoisotopic (exact) mass is 436 g/mol. The highest BCUT2D eigenvalue weighted by Crippen LogP contribution is 2.44. The molecule has 1 aliphatic rings. The maximum absolute atomic E-state index is 12.4. The van der Waals surface area contributed by atoms with Crippen molar-refractivity contribution in [1.82, 2.24) is 10.2 Å². The van der Waals surface area contributed by atoms with Gasteiger partial charge in [-0.15, -0.1) is 0 Å². The second-order valence-electron chi connectivity index (χ2n) is 7.04. The number of aliphatic hydroxyl groups excluding tert-OH is 1. The third-order valence-electron chi connectivity index (χ3n) is 5.32. The van der Waals surface area contributed by atoms with Crippen LogP contribution in [0.2, 0.25) is 10.0 Å². The number of hydrogen-bond donors (Lipinski definition) is 3. The minimum Gasteiger partial charge on any atom is -0.465 e. The molecule has 2 aromatic rings. The zero-order valence-corrected chi connectivity index (χ0v) is 17.4. The van der Waals surface area contributed by atoms with Gasteiger partial charge in [-0.25, -0.2) is 4.79 Å². The molecule has 3 rings (SSSR count). The van der Waals surface area contributed by atoms with Crippen molar-refractivity contribution in [3.8, 4) is 0 Å². The summed E-state index contributed by atoms with van der Waals surface area (Å²) in [6.45, 7) is 0.0184. The first-order valence-corrected chi connectivity index (χ1v) is 10.0. The fourth-order valence-electron chi connectivity index (χ4n) is 3.84. The van der Waals surface area contributed by atoms with Gasteiger partial charge in [-0.3, -0.25) is 4.79 Å². The lowest BCUT2D eigenvalue weighted by Gasteiger charge is -2.36. The van der Waals surface area contributed by atoms with Crippen molar-refractivity contribution < 1.29 is 19.8 Å². The first kappa shape index (κ1) is 21.4. The minimum atomic E-state index is -1.00. The molecule has 29 heavy (non-hydrogen) atoms. The lowest BCUT2D eigenvalue weighted by atomic mass is 9.75. The number of amides is 2. The number of benzene rings is 2. The fourth-order valence-corrected chi connectivity index (χ4v) is 4.15. The summed E-state index contributed by atoms with van der Waals surface area (Å²) in [5.74, 6) is -0.327. The van der Waals surface area contributed by atoms with Crippen LogP contribution in [0.25, 0.3) is 0 Å². The predicted molar refractivity (Wildman–Crippen MR) is 112 cm³/mol. The molecule has 1 aliphatic carbocycles. The molecule has 0 saturated carbocycles. The highest BCUT2D eigenvalue weighted by Gasteiger charge is 2.33. The number of fused-ring (bicyclic) bond motifs is 1. The SMILES string of the molecule is CN(C(=O)O)[C@H]1CC[C@@H](c2ccc(Cl)c(Cl)c2)c2cc(C(=O)NCCO)ccc21. The van der Waals surface area contributed by atoms with Gasteiger partial charge in [-0.05, 0) is 53.8 Å². The van der Waals surface area contributed by atoms with Gasteiger partial charge in [0, 0.05) is 25.1 Å². The van der Waals surface area contributed by atoms with E-state index >= 15 is 0 Å². The number of nitrogens with one attached hydrogen (secondary N) is 1. The molecule has 154 valence electrons. The van der Waals surface area contributed by atoms with Crippen LogP contribution in [-0.2, 0) is 0 Å². The number of hydrogen-bond acceptors (Lipinski definition) is 3. The molecule has 2 aromatic carbocycles. The normalized spacial score (nSPS) is 18.1. The standard InChI is InChI=1S/C21H22Cl2N2O4/c1-25(21(28)29)19-7-5-14(12-3-6-17(22)18(23)11-12)16-10-13(2-4-15(16)19)20(27)24-8-9-26/h2-4,6,10-11,14,19,26H,5,7-9H2,1H3,(H,24,27)(H,28,29)/t14-,19-/m0/s1. The van der Waals surface area contributed by atoms with Gasteiger partial charge in [0.05, 0.1) is 22.7 Å². The molecule has 0 aliphatic heterocycles. The summed E-state index contributed by atoms with van der Waals surface area (Å²) in [5.41, 5.74) is 3.19. The van der Waals surface area contributed by atoms with Crippen molar-refractivity contribution in [3.63, 3.8) is 0 Å². The van der Waals surface area contributed by atoms with Crippen LogP contribution in [0, 0.1) is 0 Å². The van der Waals surface area contributed by atoms with E-state index in [4.69, 9.17) is 28.3 Å². The largest absolute Gasteiger partial charge is 0.465 e. The third-order valence-corrected chi connectivity index (χ3v) is 6.06. The minimum absolute atomic E-state index is 0.0381. The number of halogens is 2. The molecule has 2 amide bonds. The van der Waals surface area contributed by atoms with Crippen LogP contribution in [-0.4, -0.2) is 47.3 Å². The molecule has 0 heterocycles. The first-order chi connectivity index (χ1) is 13.8. The van der Waals surface area contributed by atoms with Crippen LogP contribution in [0.4, 0.5) is 4.79 Å². The zero-order valence-electron chi connectivity index (χ0n) is 15.9. The number of carboxylic acid groups (broad SMARTS) is 1. The zero-order chi connectivity index (χ0) is 21.1. The van der Waals surface area contributed by atoms with E-state index < -0.39 is 6.09 Å². The molecule has 6 nitrogen and oxygen atoms in total. The highest BCUT2D eigenvalue weighted by molar-refractivity contribution is 6.42. The second-order valence-corrected chi connectivity index (χ2v) is 7.85. The molecule has 0 bridgehead atoms. The van der Waals surface area contributed by atoms with Crippen molar-refractivity contribution in [2.75, 3.05) is 20.2 Å². The Hall–Kier alpha value is -2.28. The van der Waals surface area contributed by atoms with Gasteiger partial charge in [0.25, 0.3) is 5.91 Å². The number of aliphatic hydroxyl groups is 1. The van der Waals surface area contributed by atoms with E-state index in [9.17, 15) is 14.7 Å². The molecule has 0 unspecified atom stereocenters. The average molecular weight is 437 g/mol. The number of carbonyl (C=O) groups is 2. The van der Waals surface area contributed by atoms with E-state index in [2.05, 4.69) is 5.32 Å². The molecule has 0 radical (unpaired) electrons. The predicted octanol–water partition coefficient (Wildman–Crippen LogP) is 4.29. The Bertz CT molecular complexity index is 935. The van der Waals surface area contributed by atoms with Crippen LogP contribution in [0.3, 0.4) is 0 Å². The number of nitrogens with zero attached hydrogens (tertiary/aromatic N) is 1. The maximum atomic E-state index is 12.4.